The molecule has 1 aliphatic heterocycles. The number of hydrogen-bond donors (Lipinski definition) is 4. The van der Waals surface area contributed by atoms with Gasteiger partial charge in [-0.2, -0.15) is 0 Å². The van der Waals surface area contributed by atoms with Gasteiger partial charge in [-0.1, -0.05) is 199 Å². The van der Waals surface area contributed by atoms with Crippen LogP contribution in [0, 0.1) is 0 Å². The standard InChI is InChI=1S/C59H94O9/c1-3-5-7-9-11-13-15-17-19-21-23-24-25-26-27-28-29-31-33-35-37-39-41-43-45-47-49-65-51-53(52-66-59-58(64)57(63)56(62)54(50-60)68-59)67-55(61)48-46-44-42-40-38-36-34-32-30-22-20-18-16-14-12-10-8-6-4-2/h5-8,11-14,17-20,23-24,26-27,30,32,36,38,42,44,53-54,56-60,62-64H,3-4,9-10,15-16,21-22,25,28-29,31,33-35,37,39-41,43,45-52H2,1-2H3/b7-5-,8-6-,13-11-,14-12-,19-17-,20-18-,24-23-,27-26-,32-30-,38-36-,44-42-. The molecule has 1 aliphatic rings. The van der Waals surface area contributed by atoms with Gasteiger partial charge in [-0.05, 0) is 96.3 Å². The van der Waals surface area contributed by atoms with Crippen molar-refractivity contribution < 1.29 is 44.2 Å². The van der Waals surface area contributed by atoms with Crippen LogP contribution in [0.15, 0.2) is 134 Å². The number of carbonyl (C=O) groups is 1. The Hall–Kier alpha value is -3.67. The highest BCUT2D eigenvalue weighted by Crippen LogP contribution is 2.22. The maximum atomic E-state index is 12.8. The van der Waals surface area contributed by atoms with Crippen molar-refractivity contribution in [2.75, 3.05) is 26.4 Å². The fourth-order valence-electron chi connectivity index (χ4n) is 7.07. The van der Waals surface area contributed by atoms with Gasteiger partial charge in [-0.3, -0.25) is 4.79 Å². The number of ether oxygens (including phenoxy) is 4. The molecule has 0 radical (unpaired) electrons. The summed E-state index contributed by atoms with van der Waals surface area (Å²) in [6.45, 7) is 4.20. The highest BCUT2D eigenvalue weighted by molar-refractivity contribution is 5.69. The fraction of sp³-hybridized carbons (Fsp3) is 0.610. The van der Waals surface area contributed by atoms with E-state index in [4.69, 9.17) is 18.9 Å². The van der Waals surface area contributed by atoms with E-state index in [1.807, 2.05) is 12.2 Å². The van der Waals surface area contributed by atoms with E-state index in [0.29, 0.717) is 13.0 Å². The highest BCUT2D eigenvalue weighted by atomic mass is 16.7. The molecule has 0 aliphatic carbocycles. The molecule has 4 N–H and O–H groups in total. The summed E-state index contributed by atoms with van der Waals surface area (Å²) >= 11 is 0. The normalized spacial score (nSPS) is 20.2. The lowest BCUT2D eigenvalue weighted by Crippen LogP contribution is -2.59. The lowest BCUT2D eigenvalue weighted by molar-refractivity contribution is -0.305. The first-order chi connectivity index (χ1) is 33.4. The predicted octanol–water partition coefficient (Wildman–Crippen LogP) is 13.3. The Labute approximate surface area is 413 Å². The number of hydrogen-bond acceptors (Lipinski definition) is 9. The summed E-state index contributed by atoms with van der Waals surface area (Å²) in [6.07, 6.45) is 65.0. The molecule has 0 aromatic carbocycles. The van der Waals surface area contributed by atoms with Gasteiger partial charge >= 0.3 is 5.97 Å². The Bertz CT molecular complexity index is 1500. The summed E-state index contributed by atoms with van der Waals surface area (Å²) in [5, 5.41) is 40.3. The molecular weight excluding hydrogens is 853 g/mol. The maximum absolute atomic E-state index is 12.8. The average molecular weight is 947 g/mol. The molecule has 384 valence electrons. The first kappa shape index (κ1) is 62.3. The van der Waals surface area contributed by atoms with Gasteiger partial charge in [0.25, 0.3) is 0 Å². The van der Waals surface area contributed by atoms with Gasteiger partial charge in [0.05, 0.1) is 19.8 Å². The summed E-state index contributed by atoms with van der Waals surface area (Å²) in [5.74, 6) is -0.402. The zero-order chi connectivity index (χ0) is 49.2. The molecule has 1 fully saturated rings. The van der Waals surface area contributed by atoms with Crippen molar-refractivity contribution in [2.45, 2.75) is 205 Å². The van der Waals surface area contributed by atoms with E-state index in [0.717, 1.165) is 96.3 Å². The second kappa shape index (κ2) is 48.4. The molecule has 0 amide bonds. The zero-order valence-electron chi connectivity index (χ0n) is 42.3. The average Bonchev–Trinajstić information content (AvgIpc) is 3.34. The van der Waals surface area contributed by atoms with Crippen molar-refractivity contribution in [2.24, 2.45) is 0 Å². The third-order valence-corrected chi connectivity index (χ3v) is 11.1. The highest BCUT2D eigenvalue weighted by Gasteiger charge is 2.44. The lowest BCUT2D eigenvalue weighted by atomic mass is 9.99. The minimum atomic E-state index is -1.56. The number of esters is 1. The van der Waals surface area contributed by atoms with Crippen LogP contribution in [0.4, 0.5) is 0 Å². The van der Waals surface area contributed by atoms with Gasteiger partial charge < -0.3 is 39.4 Å². The zero-order valence-corrected chi connectivity index (χ0v) is 42.3. The maximum Gasteiger partial charge on any atom is 0.306 e. The molecule has 1 rings (SSSR count). The molecule has 9 nitrogen and oxygen atoms in total. The van der Waals surface area contributed by atoms with Crippen LogP contribution in [-0.4, -0.2) is 89.6 Å². The predicted molar refractivity (Wildman–Crippen MR) is 283 cm³/mol. The lowest BCUT2D eigenvalue weighted by Gasteiger charge is -2.39. The van der Waals surface area contributed by atoms with Gasteiger partial charge in [0, 0.05) is 13.0 Å². The van der Waals surface area contributed by atoms with Crippen LogP contribution >= 0.6 is 0 Å². The van der Waals surface area contributed by atoms with E-state index in [9.17, 15) is 25.2 Å². The molecule has 0 saturated carbocycles. The molecule has 68 heavy (non-hydrogen) atoms. The Morgan fingerprint density at radius 1 is 0.471 bits per heavy atom. The van der Waals surface area contributed by atoms with Crippen LogP contribution in [0.2, 0.25) is 0 Å². The van der Waals surface area contributed by atoms with Crippen molar-refractivity contribution in [1.82, 2.24) is 0 Å². The number of carbonyl (C=O) groups excluding carboxylic acids is 1. The molecule has 1 saturated heterocycles. The number of aliphatic hydroxyl groups is 4. The SMILES string of the molecule is CC/C=C\C/C=C\C/C=C\C/C=C\C/C=C\C/C=C\CCC(=O)OC(COCCCCCCCCCCCC/C=C\C/C=C\C/C=C\C/C=C\C/C=C\CC)COC1OC(CO)C(O)C(O)C1O. The molecule has 0 bridgehead atoms. The Kier molecular flexibility index (Phi) is 44.3. The molecule has 1 heterocycles. The van der Waals surface area contributed by atoms with E-state index in [1.54, 1.807) is 0 Å². The monoisotopic (exact) mass is 947 g/mol. The molecule has 0 aromatic rings. The quantitative estimate of drug-likeness (QED) is 0.0268. The second-order valence-corrected chi connectivity index (χ2v) is 17.2. The molecule has 6 unspecified atom stereocenters. The van der Waals surface area contributed by atoms with E-state index in [-0.39, 0.29) is 19.6 Å². The number of allylic oxidation sites excluding steroid dienone is 22. The second-order valence-electron chi connectivity index (χ2n) is 17.2. The summed E-state index contributed by atoms with van der Waals surface area (Å²) < 4.78 is 22.8. The minimum absolute atomic E-state index is 0.101. The fourth-order valence-corrected chi connectivity index (χ4v) is 7.07. The van der Waals surface area contributed by atoms with Crippen molar-refractivity contribution in [3.8, 4) is 0 Å². The van der Waals surface area contributed by atoms with E-state index >= 15 is 0 Å². The number of rotatable bonds is 43. The smallest absolute Gasteiger partial charge is 0.306 e. The van der Waals surface area contributed by atoms with Gasteiger partial charge in [-0.25, -0.2) is 0 Å². The number of unbranched alkanes of at least 4 members (excludes halogenated alkanes) is 10. The first-order valence-corrected chi connectivity index (χ1v) is 26.3. The summed E-state index contributed by atoms with van der Waals surface area (Å²) in [5.41, 5.74) is 0. The van der Waals surface area contributed by atoms with Crippen molar-refractivity contribution >= 4 is 5.97 Å². The molecule has 6 atom stereocenters. The van der Waals surface area contributed by atoms with Crippen LogP contribution < -0.4 is 0 Å². The third-order valence-electron chi connectivity index (χ3n) is 11.1. The van der Waals surface area contributed by atoms with Crippen LogP contribution in [0.25, 0.3) is 0 Å². The Balaban J connectivity index is 2.25. The van der Waals surface area contributed by atoms with Gasteiger partial charge in [0.2, 0.25) is 0 Å². The first-order valence-electron chi connectivity index (χ1n) is 26.3. The molecule has 0 aromatic heterocycles. The molecule has 9 heteroatoms. The van der Waals surface area contributed by atoms with Gasteiger partial charge in [0.15, 0.2) is 6.29 Å². The van der Waals surface area contributed by atoms with E-state index < -0.39 is 49.4 Å². The Morgan fingerprint density at radius 3 is 1.28 bits per heavy atom. The minimum Gasteiger partial charge on any atom is -0.457 e. The summed E-state index contributed by atoms with van der Waals surface area (Å²) in [4.78, 5) is 12.8. The van der Waals surface area contributed by atoms with Gasteiger partial charge in [0.1, 0.15) is 30.5 Å². The summed E-state index contributed by atoms with van der Waals surface area (Å²) in [6, 6.07) is 0. The van der Waals surface area contributed by atoms with Crippen molar-refractivity contribution in [1.29, 1.82) is 0 Å². The topological polar surface area (TPSA) is 135 Å². The van der Waals surface area contributed by atoms with Gasteiger partial charge in [-0.15, -0.1) is 0 Å². The van der Waals surface area contributed by atoms with E-state index in [1.165, 1.54) is 44.9 Å². The van der Waals surface area contributed by atoms with E-state index in [2.05, 4.69) is 135 Å². The van der Waals surface area contributed by atoms with Crippen LogP contribution in [0.1, 0.15) is 168 Å². The van der Waals surface area contributed by atoms with Crippen molar-refractivity contribution in [3.05, 3.63) is 134 Å². The third kappa shape index (κ3) is 38.2. The summed E-state index contributed by atoms with van der Waals surface area (Å²) in [7, 11) is 0. The van der Waals surface area contributed by atoms with Crippen LogP contribution in [0.3, 0.4) is 0 Å². The molecular formula is C59H94O9. The Morgan fingerprint density at radius 2 is 0.853 bits per heavy atom. The largest absolute Gasteiger partial charge is 0.457 e. The number of aliphatic hydroxyl groups excluding tert-OH is 4. The van der Waals surface area contributed by atoms with Crippen molar-refractivity contribution in [3.63, 3.8) is 0 Å². The molecule has 0 spiro atoms. The van der Waals surface area contributed by atoms with Crippen LogP contribution in [0.5, 0.6) is 0 Å². The van der Waals surface area contributed by atoms with Crippen LogP contribution in [-0.2, 0) is 23.7 Å².